The van der Waals surface area contributed by atoms with Crippen LogP contribution < -0.4 is 21.2 Å². The molecule has 3 rings (SSSR count). The van der Waals surface area contributed by atoms with Gasteiger partial charge in [-0.25, -0.2) is 0 Å². The van der Waals surface area contributed by atoms with Gasteiger partial charge in [0.25, 0.3) is 5.56 Å². The van der Waals surface area contributed by atoms with Gasteiger partial charge in [0, 0.05) is 0 Å². The first-order valence-corrected chi connectivity index (χ1v) is 7.18. The predicted molar refractivity (Wildman–Crippen MR) is 83.8 cm³/mol. The number of hydrogen-bond acceptors (Lipinski definition) is 3. The van der Waals surface area contributed by atoms with E-state index in [-0.39, 0.29) is 11.0 Å². The van der Waals surface area contributed by atoms with E-state index in [2.05, 4.69) is 15.3 Å². The Labute approximate surface area is 125 Å². The maximum atomic E-state index is 12.5. The largest absolute Gasteiger partial charge is 0.359 e. The van der Waals surface area contributed by atoms with Gasteiger partial charge >= 0.3 is 0 Å². The van der Waals surface area contributed by atoms with E-state index in [1.54, 1.807) is 6.20 Å². The van der Waals surface area contributed by atoms with E-state index in [1.807, 2.05) is 31.2 Å². The van der Waals surface area contributed by atoms with Crippen molar-refractivity contribution in [2.24, 2.45) is 0 Å². The minimum atomic E-state index is -0.257. The van der Waals surface area contributed by atoms with Gasteiger partial charge in [-0.2, -0.15) is 9.78 Å². The molecule has 1 saturated heterocycles. The maximum Gasteiger partial charge on any atom is 0.266 e. The van der Waals surface area contributed by atoms with Gasteiger partial charge in [-0.3, -0.25) is 4.79 Å². The molecule has 1 aliphatic rings. The Balaban J connectivity index is 2.02. The molecule has 1 aromatic carbocycles. The molecule has 0 aliphatic carbocycles. The normalized spacial score (nSPS) is 15.2. The third-order valence-electron chi connectivity index (χ3n) is 3.79. The number of piperazine rings is 1. The van der Waals surface area contributed by atoms with Crippen LogP contribution in [-0.4, -0.2) is 43.8 Å². The van der Waals surface area contributed by atoms with Gasteiger partial charge in [0.05, 0.1) is 43.8 Å². The van der Waals surface area contributed by atoms with Crippen LogP contribution in [0.3, 0.4) is 0 Å². The fourth-order valence-corrected chi connectivity index (χ4v) is 2.64. The molecule has 2 N–H and O–H groups in total. The van der Waals surface area contributed by atoms with Crippen molar-refractivity contribution in [2.45, 2.75) is 6.92 Å². The number of nitrogens with zero attached hydrogens (tertiary/aromatic N) is 3. The third kappa shape index (κ3) is 2.71. The first kappa shape index (κ1) is 13.9. The molecular weight excluding hydrogens is 263 g/mol. The van der Waals surface area contributed by atoms with Crippen LogP contribution in [0.15, 0.2) is 35.3 Å². The average Bonchev–Trinajstić information content (AvgIpc) is 2.51. The molecule has 2 aromatic rings. The van der Waals surface area contributed by atoms with Crippen LogP contribution in [0, 0.1) is 6.92 Å². The molecule has 0 unspecified atom stereocenters. The third-order valence-corrected chi connectivity index (χ3v) is 3.79. The van der Waals surface area contributed by atoms with Crippen LogP contribution in [0.25, 0.3) is 5.69 Å². The van der Waals surface area contributed by atoms with Crippen LogP contribution in [0.5, 0.6) is 0 Å². The molecule has 0 atom stereocenters. The Morgan fingerprint density at radius 3 is 2.76 bits per heavy atom. The number of benzene rings is 1. The highest BCUT2D eigenvalue weighted by Crippen LogP contribution is 2.10. The molecule has 2 radical (unpaired) electrons. The van der Waals surface area contributed by atoms with Crippen LogP contribution in [0.4, 0.5) is 5.69 Å². The lowest BCUT2D eigenvalue weighted by Crippen LogP contribution is -2.90. The highest BCUT2D eigenvalue weighted by atomic mass is 16.1. The summed E-state index contributed by atoms with van der Waals surface area (Å²) in [6.07, 6.45) is 1.70. The number of quaternary nitrogens is 1. The van der Waals surface area contributed by atoms with Gasteiger partial charge in [0.2, 0.25) is 0 Å². The molecule has 21 heavy (non-hydrogen) atoms. The average molecular weight is 281 g/mol. The van der Waals surface area contributed by atoms with Gasteiger partial charge < -0.3 is 10.2 Å². The summed E-state index contributed by atoms with van der Waals surface area (Å²) in [5.41, 5.74) is 2.58. The van der Waals surface area contributed by atoms with Crippen molar-refractivity contribution in [3.8, 4) is 5.69 Å². The summed E-state index contributed by atoms with van der Waals surface area (Å²) in [6.45, 7) is 5.79. The van der Waals surface area contributed by atoms with E-state index in [1.165, 1.54) is 4.68 Å². The lowest BCUT2D eigenvalue weighted by Gasteiger charge is -2.28. The highest BCUT2D eigenvalue weighted by molar-refractivity contribution is 6.35. The number of aryl methyl sites for hydroxylation is 1. The molecule has 0 spiro atoms. The van der Waals surface area contributed by atoms with E-state index in [9.17, 15) is 4.79 Å². The van der Waals surface area contributed by atoms with E-state index < -0.39 is 0 Å². The molecule has 106 valence electrons. The minimum Gasteiger partial charge on any atom is -0.359 e. The molecule has 0 saturated carbocycles. The summed E-state index contributed by atoms with van der Waals surface area (Å²) in [7, 11) is 6.06. The summed E-state index contributed by atoms with van der Waals surface area (Å²) in [5.74, 6) is 0. The standard InChI is InChI=1S/C15H17BN4O/c1-11-3-2-4-12(9-11)20-15(21)14(16)13(10-18-20)19-7-5-17-6-8-19/h2-4,9-10,17H,5-8H2,1H3/p+1. The molecule has 6 heteroatoms. The Hall–Kier alpha value is -2.08. The lowest BCUT2D eigenvalue weighted by atomic mass is 9.95. The number of nitrogens with two attached hydrogens (primary N) is 1. The Morgan fingerprint density at radius 1 is 1.29 bits per heavy atom. The van der Waals surface area contributed by atoms with Gasteiger partial charge in [-0.15, -0.1) is 0 Å². The zero-order chi connectivity index (χ0) is 14.8. The fraction of sp³-hybridized carbons (Fsp3) is 0.333. The summed E-state index contributed by atoms with van der Waals surface area (Å²) < 4.78 is 1.36. The molecule has 1 fully saturated rings. The summed E-state index contributed by atoms with van der Waals surface area (Å²) in [6, 6.07) is 7.67. The van der Waals surface area contributed by atoms with Crippen molar-refractivity contribution < 1.29 is 5.32 Å². The quantitative estimate of drug-likeness (QED) is 0.698. The van der Waals surface area contributed by atoms with Gasteiger partial charge in [-0.1, -0.05) is 12.1 Å². The van der Waals surface area contributed by atoms with E-state index in [0.717, 1.165) is 43.1 Å². The smallest absolute Gasteiger partial charge is 0.266 e. The highest BCUT2D eigenvalue weighted by Gasteiger charge is 2.17. The Kier molecular flexibility index (Phi) is 3.79. The van der Waals surface area contributed by atoms with Crippen LogP contribution in [0.2, 0.25) is 0 Å². The summed E-state index contributed by atoms with van der Waals surface area (Å²) >= 11 is 0. The molecule has 0 amide bonds. The number of rotatable bonds is 2. The zero-order valence-electron chi connectivity index (χ0n) is 12.1. The van der Waals surface area contributed by atoms with Crippen LogP contribution in [0.1, 0.15) is 5.56 Å². The molecule has 0 bridgehead atoms. The zero-order valence-corrected chi connectivity index (χ0v) is 12.1. The minimum absolute atomic E-state index is 0.257. The molecule has 1 aliphatic heterocycles. The second kappa shape index (κ2) is 5.73. The van der Waals surface area contributed by atoms with E-state index >= 15 is 0 Å². The van der Waals surface area contributed by atoms with Gasteiger partial charge in [0.15, 0.2) is 0 Å². The Morgan fingerprint density at radius 2 is 2.05 bits per heavy atom. The maximum absolute atomic E-state index is 12.5. The van der Waals surface area contributed by atoms with Crippen molar-refractivity contribution in [1.29, 1.82) is 0 Å². The van der Waals surface area contributed by atoms with Crippen molar-refractivity contribution >= 4 is 19.0 Å². The number of anilines is 1. The predicted octanol–water partition coefficient (Wildman–Crippen LogP) is -1.28. The van der Waals surface area contributed by atoms with Crippen molar-refractivity contribution in [1.82, 2.24) is 9.78 Å². The van der Waals surface area contributed by atoms with E-state index in [4.69, 9.17) is 7.85 Å². The van der Waals surface area contributed by atoms with Crippen molar-refractivity contribution in [2.75, 3.05) is 31.1 Å². The van der Waals surface area contributed by atoms with Crippen molar-refractivity contribution in [3.63, 3.8) is 0 Å². The second-order valence-electron chi connectivity index (χ2n) is 5.35. The first-order chi connectivity index (χ1) is 10.2. The Bertz CT molecular complexity index is 707. The van der Waals surface area contributed by atoms with Crippen molar-refractivity contribution in [3.05, 3.63) is 46.4 Å². The summed E-state index contributed by atoms with van der Waals surface area (Å²) in [5, 5.41) is 6.56. The van der Waals surface area contributed by atoms with E-state index in [0.29, 0.717) is 0 Å². The SMILES string of the molecule is [B]c1c(N2CC[NH2+]CC2)cnn(-c2cccc(C)c2)c1=O. The number of aromatic nitrogens is 2. The lowest BCUT2D eigenvalue weighted by molar-refractivity contribution is -0.655. The topological polar surface area (TPSA) is 54.7 Å². The molecule has 1 aromatic heterocycles. The molecular formula is C15H18BN4O+. The monoisotopic (exact) mass is 281 g/mol. The van der Waals surface area contributed by atoms with Gasteiger partial charge in [-0.05, 0) is 30.1 Å². The van der Waals surface area contributed by atoms with Crippen LogP contribution >= 0.6 is 0 Å². The van der Waals surface area contributed by atoms with Crippen LogP contribution in [-0.2, 0) is 0 Å². The fourth-order valence-electron chi connectivity index (χ4n) is 2.64. The molecule has 2 heterocycles. The second-order valence-corrected chi connectivity index (χ2v) is 5.35. The first-order valence-electron chi connectivity index (χ1n) is 7.18. The molecule has 5 nitrogen and oxygen atoms in total. The number of hydrogen-bond donors (Lipinski definition) is 1. The van der Waals surface area contributed by atoms with Gasteiger partial charge in [0.1, 0.15) is 7.85 Å². The summed E-state index contributed by atoms with van der Waals surface area (Å²) in [4.78, 5) is 14.6.